The van der Waals surface area contributed by atoms with Gasteiger partial charge in [-0.05, 0) is 6.26 Å². The second-order valence-electron chi connectivity index (χ2n) is 2.23. The zero-order chi connectivity index (χ0) is 8.97. The van der Waals surface area contributed by atoms with Crippen molar-refractivity contribution in [1.82, 2.24) is 10.1 Å². The molecule has 1 atom stereocenters. The van der Waals surface area contributed by atoms with Crippen LogP contribution in [0.1, 0.15) is 17.8 Å². The quantitative estimate of drug-likeness (QED) is 0.689. The third-order valence-electron chi connectivity index (χ3n) is 1.27. The van der Waals surface area contributed by atoms with Crippen molar-refractivity contribution >= 4 is 11.8 Å². The van der Waals surface area contributed by atoms with Crippen LogP contribution in [0, 0.1) is 0 Å². The van der Waals surface area contributed by atoms with Crippen LogP contribution in [0.5, 0.6) is 0 Å². The van der Waals surface area contributed by atoms with Gasteiger partial charge in [0.1, 0.15) is 6.10 Å². The van der Waals surface area contributed by atoms with E-state index in [1.165, 1.54) is 0 Å². The molecule has 3 N–H and O–H groups in total. The van der Waals surface area contributed by atoms with E-state index in [0.717, 1.165) is 0 Å². The van der Waals surface area contributed by atoms with Gasteiger partial charge in [0.15, 0.2) is 5.82 Å². The Kier molecular flexibility index (Phi) is 3.51. The van der Waals surface area contributed by atoms with Gasteiger partial charge in [-0.1, -0.05) is 5.16 Å². The lowest BCUT2D eigenvalue weighted by Crippen LogP contribution is -2.11. The van der Waals surface area contributed by atoms with Crippen molar-refractivity contribution in [3.05, 3.63) is 11.7 Å². The minimum atomic E-state index is -0.840. The molecule has 0 aliphatic heterocycles. The maximum Gasteiger partial charge on any atom is 0.256 e. The minimum absolute atomic E-state index is 0.0981. The second kappa shape index (κ2) is 4.44. The summed E-state index contributed by atoms with van der Waals surface area (Å²) in [6, 6.07) is 0. The lowest BCUT2D eigenvalue weighted by atomic mass is 10.4. The molecule has 1 aromatic rings. The van der Waals surface area contributed by atoms with Gasteiger partial charge in [0.25, 0.3) is 5.89 Å². The molecule has 0 aliphatic rings. The monoisotopic (exact) mass is 189 g/mol. The van der Waals surface area contributed by atoms with E-state index in [2.05, 4.69) is 10.1 Å². The van der Waals surface area contributed by atoms with Crippen LogP contribution in [0.15, 0.2) is 4.52 Å². The summed E-state index contributed by atoms with van der Waals surface area (Å²) in [5.41, 5.74) is 5.20. The average molecular weight is 189 g/mol. The molecule has 0 aromatic carbocycles. The van der Waals surface area contributed by atoms with E-state index < -0.39 is 6.10 Å². The van der Waals surface area contributed by atoms with E-state index in [1.807, 2.05) is 6.26 Å². The molecule has 0 amide bonds. The lowest BCUT2D eigenvalue weighted by molar-refractivity contribution is 0.141. The SMILES string of the molecule is CSCc1noc(C(O)CN)n1. The summed E-state index contributed by atoms with van der Waals surface area (Å²) < 4.78 is 4.77. The summed E-state index contributed by atoms with van der Waals surface area (Å²) in [6.07, 6.45) is 1.10. The highest BCUT2D eigenvalue weighted by Crippen LogP contribution is 2.10. The van der Waals surface area contributed by atoms with Gasteiger partial charge in [0.05, 0.1) is 5.75 Å². The molecule has 5 nitrogen and oxygen atoms in total. The predicted octanol–water partition coefficient (Wildman–Crippen LogP) is -0.0753. The third kappa shape index (κ3) is 2.20. The molecular formula is C6H11N3O2S. The Bertz CT molecular complexity index is 240. The maximum absolute atomic E-state index is 9.18. The minimum Gasteiger partial charge on any atom is -0.382 e. The Morgan fingerprint density at radius 2 is 2.50 bits per heavy atom. The highest BCUT2D eigenvalue weighted by Gasteiger charge is 2.13. The first kappa shape index (κ1) is 9.50. The Morgan fingerprint density at radius 1 is 1.75 bits per heavy atom. The van der Waals surface area contributed by atoms with E-state index in [4.69, 9.17) is 10.3 Å². The van der Waals surface area contributed by atoms with E-state index in [0.29, 0.717) is 11.6 Å². The number of rotatable bonds is 4. The van der Waals surface area contributed by atoms with Gasteiger partial charge >= 0.3 is 0 Å². The number of hydrogen-bond acceptors (Lipinski definition) is 6. The molecule has 6 heteroatoms. The summed E-state index contributed by atoms with van der Waals surface area (Å²) in [4.78, 5) is 3.94. The van der Waals surface area contributed by atoms with Crippen LogP contribution in [0.3, 0.4) is 0 Å². The Morgan fingerprint density at radius 3 is 3.08 bits per heavy atom. The molecule has 0 radical (unpaired) electrons. The molecule has 1 heterocycles. The Labute approximate surface area is 74.3 Å². The highest BCUT2D eigenvalue weighted by atomic mass is 32.2. The Hall–Kier alpha value is -0.590. The molecule has 0 fully saturated rings. The summed E-state index contributed by atoms with van der Waals surface area (Å²) in [5.74, 6) is 1.47. The second-order valence-corrected chi connectivity index (χ2v) is 3.10. The lowest BCUT2D eigenvalue weighted by Gasteiger charge is -1.97. The Balaban J connectivity index is 2.63. The maximum atomic E-state index is 9.18. The standard InChI is InChI=1S/C6H11N3O2S/c1-12-3-5-8-6(11-9-5)4(10)2-7/h4,10H,2-3,7H2,1H3. The number of hydrogen-bond donors (Lipinski definition) is 2. The summed E-state index contributed by atoms with van der Waals surface area (Å²) in [6.45, 7) is 0.0981. The van der Waals surface area contributed by atoms with Crippen LogP contribution < -0.4 is 5.73 Å². The normalized spacial score (nSPS) is 13.2. The molecular weight excluding hydrogens is 178 g/mol. The van der Waals surface area contributed by atoms with Crippen molar-refractivity contribution in [1.29, 1.82) is 0 Å². The topological polar surface area (TPSA) is 85.2 Å². The molecule has 68 valence electrons. The first-order valence-electron chi connectivity index (χ1n) is 3.47. The third-order valence-corrected chi connectivity index (χ3v) is 1.81. The van der Waals surface area contributed by atoms with Gasteiger partial charge < -0.3 is 15.4 Å². The molecule has 0 saturated heterocycles. The number of aliphatic hydroxyl groups is 1. The van der Waals surface area contributed by atoms with Crippen molar-refractivity contribution < 1.29 is 9.63 Å². The molecule has 0 spiro atoms. The van der Waals surface area contributed by atoms with E-state index >= 15 is 0 Å². The van der Waals surface area contributed by atoms with Crippen molar-refractivity contribution in [2.45, 2.75) is 11.9 Å². The van der Waals surface area contributed by atoms with Crippen LogP contribution in [0.2, 0.25) is 0 Å². The number of aromatic nitrogens is 2. The van der Waals surface area contributed by atoms with Gasteiger partial charge in [-0.2, -0.15) is 16.7 Å². The first-order valence-corrected chi connectivity index (χ1v) is 4.87. The fourth-order valence-corrected chi connectivity index (χ4v) is 1.07. The van der Waals surface area contributed by atoms with Crippen LogP contribution in [0.25, 0.3) is 0 Å². The number of aliphatic hydroxyl groups excluding tert-OH is 1. The van der Waals surface area contributed by atoms with Crippen molar-refractivity contribution in [2.24, 2.45) is 5.73 Å². The zero-order valence-corrected chi connectivity index (χ0v) is 7.54. The molecule has 1 rings (SSSR count). The molecule has 12 heavy (non-hydrogen) atoms. The summed E-state index contributed by atoms with van der Waals surface area (Å²) in [5, 5.41) is 12.8. The van der Waals surface area contributed by atoms with Gasteiger partial charge in [-0.15, -0.1) is 0 Å². The highest BCUT2D eigenvalue weighted by molar-refractivity contribution is 7.97. The molecule has 0 bridgehead atoms. The average Bonchev–Trinajstić information content (AvgIpc) is 2.52. The summed E-state index contributed by atoms with van der Waals surface area (Å²) >= 11 is 1.59. The van der Waals surface area contributed by atoms with Crippen LogP contribution in [-0.4, -0.2) is 28.0 Å². The van der Waals surface area contributed by atoms with E-state index in [9.17, 15) is 5.11 Å². The van der Waals surface area contributed by atoms with Crippen LogP contribution >= 0.6 is 11.8 Å². The van der Waals surface area contributed by atoms with E-state index in [-0.39, 0.29) is 12.4 Å². The molecule has 1 unspecified atom stereocenters. The zero-order valence-electron chi connectivity index (χ0n) is 6.73. The molecule has 0 aliphatic carbocycles. The number of nitrogens with two attached hydrogens (primary N) is 1. The number of thioether (sulfide) groups is 1. The van der Waals surface area contributed by atoms with Crippen LogP contribution in [0.4, 0.5) is 0 Å². The van der Waals surface area contributed by atoms with Gasteiger partial charge in [0.2, 0.25) is 0 Å². The number of nitrogens with zero attached hydrogens (tertiary/aromatic N) is 2. The first-order chi connectivity index (χ1) is 5.77. The largest absolute Gasteiger partial charge is 0.382 e. The summed E-state index contributed by atoms with van der Waals surface area (Å²) in [7, 11) is 0. The molecule has 1 aromatic heterocycles. The van der Waals surface area contributed by atoms with Crippen LogP contribution in [-0.2, 0) is 5.75 Å². The van der Waals surface area contributed by atoms with Gasteiger partial charge in [-0.25, -0.2) is 0 Å². The van der Waals surface area contributed by atoms with E-state index in [1.54, 1.807) is 11.8 Å². The van der Waals surface area contributed by atoms with Crippen molar-refractivity contribution in [3.8, 4) is 0 Å². The van der Waals surface area contributed by atoms with Crippen molar-refractivity contribution in [2.75, 3.05) is 12.8 Å². The fourth-order valence-electron chi connectivity index (χ4n) is 0.691. The molecule has 0 saturated carbocycles. The van der Waals surface area contributed by atoms with Crippen molar-refractivity contribution in [3.63, 3.8) is 0 Å². The van der Waals surface area contributed by atoms with Gasteiger partial charge in [0, 0.05) is 6.54 Å². The van der Waals surface area contributed by atoms with Gasteiger partial charge in [-0.3, -0.25) is 0 Å². The smallest absolute Gasteiger partial charge is 0.256 e. The fraction of sp³-hybridized carbons (Fsp3) is 0.667. The predicted molar refractivity (Wildman–Crippen MR) is 45.5 cm³/mol.